The van der Waals surface area contributed by atoms with Crippen LogP contribution in [0.15, 0.2) is 28.7 Å². The molecule has 0 unspecified atom stereocenters. The standard InChI is InChI=1S/C14H18BrN3/c1-14(2,3)13-17-11(12(16)18(13)4)9-7-5-6-8-10(9)15/h5-8H,16H2,1-4H3. The molecule has 0 saturated carbocycles. The highest BCUT2D eigenvalue weighted by molar-refractivity contribution is 9.10. The summed E-state index contributed by atoms with van der Waals surface area (Å²) in [6, 6.07) is 8.00. The number of anilines is 1. The van der Waals surface area contributed by atoms with Crippen molar-refractivity contribution in [1.82, 2.24) is 9.55 Å². The smallest absolute Gasteiger partial charge is 0.131 e. The summed E-state index contributed by atoms with van der Waals surface area (Å²) in [5, 5.41) is 0. The minimum Gasteiger partial charge on any atom is -0.383 e. The summed E-state index contributed by atoms with van der Waals surface area (Å²) in [5.74, 6) is 1.69. The minimum atomic E-state index is -0.0254. The van der Waals surface area contributed by atoms with Crippen LogP contribution < -0.4 is 5.73 Å². The lowest BCUT2D eigenvalue weighted by molar-refractivity contribution is 0.524. The van der Waals surface area contributed by atoms with E-state index in [1.165, 1.54) is 0 Å². The van der Waals surface area contributed by atoms with Gasteiger partial charge in [-0.25, -0.2) is 4.98 Å². The maximum Gasteiger partial charge on any atom is 0.131 e. The molecule has 2 N–H and O–H groups in total. The van der Waals surface area contributed by atoms with E-state index in [2.05, 4.69) is 36.7 Å². The molecule has 96 valence electrons. The Kier molecular flexibility index (Phi) is 3.23. The van der Waals surface area contributed by atoms with Gasteiger partial charge >= 0.3 is 0 Å². The summed E-state index contributed by atoms with van der Waals surface area (Å²) in [4.78, 5) is 4.72. The summed E-state index contributed by atoms with van der Waals surface area (Å²) in [6.45, 7) is 6.41. The van der Waals surface area contributed by atoms with Gasteiger partial charge in [-0.2, -0.15) is 0 Å². The summed E-state index contributed by atoms with van der Waals surface area (Å²) in [6.07, 6.45) is 0. The van der Waals surface area contributed by atoms with Gasteiger partial charge in [0.2, 0.25) is 0 Å². The summed E-state index contributed by atoms with van der Waals surface area (Å²) >= 11 is 3.55. The molecule has 1 aromatic heterocycles. The van der Waals surface area contributed by atoms with Gasteiger partial charge in [0.15, 0.2) is 0 Å². The zero-order valence-corrected chi connectivity index (χ0v) is 12.7. The van der Waals surface area contributed by atoms with Gasteiger partial charge in [0.05, 0.1) is 0 Å². The van der Waals surface area contributed by atoms with Gasteiger partial charge in [-0.3, -0.25) is 0 Å². The van der Waals surface area contributed by atoms with Crippen LogP contribution in [0.25, 0.3) is 11.3 Å². The molecule has 0 aliphatic rings. The first-order valence-electron chi connectivity index (χ1n) is 5.90. The largest absolute Gasteiger partial charge is 0.383 e. The quantitative estimate of drug-likeness (QED) is 0.872. The van der Waals surface area contributed by atoms with Gasteiger partial charge in [0, 0.05) is 22.5 Å². The van der Waals surface area contributed by atoms with Crippen LogP contribution in [0.3, 0.4) is 0 Å². The second-order valence-corrected chi connectivity index (χ2v) is 6.31. The maximum absolute atomic E-state index is 6.18. The molecule has 0 aliphatic heterocycles. The van der Waals surface area contributed by atoms with Crippen molar-refractivity contribution < 1.29 is 0 Å². The molecule has 0 bridgehead atoms. The number of halogens is 1. The van der Waals surface area contributed by atoms with Crippen molar-refractivity contribution in [3.63, 3.8) is 0 Å². The molecular formula is C14H18BrN3. The van der Waals surface area contributed by atoms with E-state index in [-0.39, 0.29) is 5.41 Å². The number of imidazole rings is 1. The van der Waals surface area contributed by atoms with E-state index in [1.807, 2.05) is 35.9 Å². The van der Waals surface area contributed by atoms with Gasteiger partial charge in [-0.05, 0) is 6.07 Å². The van der Waals surface area contributed by atoms with Crippen LogP contribution >= 0.6 is 15.9 Å². The number of hydrogen-bond acceptors (Lipinski definition) is 2. The van der Waals surface area contributed by atoms with Crippen LogP contribution in [0.2, 0.25) is 0 Å². The lowest BCUT2D eigenvalue weighted by atomic mass is 9.96. The minimum absolute atomic E-state index is 0.0254. The van der Waals surface area contributed by atoms with Crippen molar-refractivity contribution in [2.75, 3.05) is 5.73 Å². The summed E-state index contributed by atoms with van der Waals surface area (Å²) in [7, 11) is 1.96. The molecule has 0 saturated heterocycles. The Morgan fingerprint density at radius 3 is 2.33 bits per heavy atom. The number of rotatable bonds is 1. The van der Waals surface area contributed by atoms with Crippen molar-refractivity contribution in [2.45, 2.75) is 26.2 Å². The molecule has 0 radical (unpaired) electrons. The number of nitrogens with zero attached hydrogens (tertiary/aromatic N) is 2. The van der Waals surface area contributed by atoms with E-state index in [9.17, 15) is 0 Å². The molecule has 1 aromatic carbocycles. The Bertz CT molecular complexity index is 579. The van der Waals surface area contributed by atoms with Crippen LogP contribution in [0, 0.1) is 0 Å². The van der Waals surface area contributed by atoms with Crippen LogP contribution in [0.1, 0.15) is 26.6 Å². The van der Waals surface area contributed by atoms with E-state index < -0.39 is 0 Å². The maximum atomic E-state index is 6.18. The highest BCUT2D eigenvalue weighted by Gasteiger charge is 2.24. The van der Waals surface area contributed by atoms with E-state index in [0.717, 1.165) is 21.6 Å². The SMILES string of the molecule is Cn1c(C(C)(C)C)nc(-c2ccccc2Br)c1N. The molecule has 0 amide bonds. The predicted molar refractivity (Wildman–Crippen MR) is 79.5 cm³/mol. The number of nitrogens with two attached hydrogens (primary N) is 1. The molecule has 4 heteroatoms. The van der Waals surface area contributed by atoms with Crippen LogP contribution in [-0.4, -0.2) is 9.55 Å². The van der Waals surface area contributed by atoms with Gasteiger partial charge in [-0.1, -0.05) is 54.9 Å². The molecule has 2 rings (SSSR count). The van der Waals surface area contributed by atoms with Gasteiger partial charge in [0.1, 0.15) is 17.3 Å². The second kappa shape index (κ2) is 4.43. The van der Waals surface area contributed by atoms with E-state index in [0.29, 0.717) is 5.82 Å². The fourth-order valence-corrected chi connectivity index (χ4v) is 2.51. The number of benzene rings is 1. The third-order valence-corrected chi connectivity index (χ3v) is 3.63. The van der Waals surface area contributed by atoms with Crippen molar-refractivity contribution in [3.8, 4) is 11.3 Å². The highest BCUT2D eigenvalue weighted by atomic mass is 79.9. The lowest BCUT2D eigenvalue weighted by Gasteiger charge is -2.17. The number of aromatic nitrogens is 2. The first kappa shape index (κ1) is 13.1. The Labute approximate surface area is 116 Å². The first-order chi connectivity index (χ1) is 8.32. The van der Waals surface area contributed by atoms with Gasteiger partial charge in [0.25, 0.3) is 0 Å². The fourth-order valence-electron chi connectivity index (χ4n) is 2.03. The molecule has 0 spiro atoms. The van der Waals surface area contributed by atoms with Crippen molar-refractivity contribution in [3.05, 3.63) is 34.6 Å². The van der Waals surface area contributed by atoms with E-state index >= 15 is 0 Å². The molecule has 0 fully saturated rings. The zero-order valence-electron chi connectivity index (χ0n) is 11.2. The average molecular weight is 308 g/mol. The number of nitrogen functional groups attached to an aromatic ring is 1. The summed E-state index contributed by atoms with van der Waals surface area (Å²) < 4.78 is 2.98. The third kappa shape index (κ3) is 2.17. The first-order valence-corrected chi connectivity index (χ1v) is 6.69. The Balaban J connectivity index is 2.65. The second-order valence-electron chi connectivity index (χ2n) is 5.46. The molecule has 0 atom stereocenters. The highest BCUT2D eigenvalue weighted by Crippen LogP contribution is 2.34. The van der Waals surface area contributed by atoms with Gasteiger partial charge < -0.3 is 10.3 Å². The topological polar surface area (TPSA) is 43.8 Å². The normalized spacial score (nSPS) is 11.8. The molecule has 1 heterocycles. The van der Waals surface area contributed by atoms with E-state index in [1.54, 1.807) is 0 Å². The fraction of sp³-hybridized carbons (Fsp3) is 0.357. The van der Waals surface area contributed by atoms with Crippen LogP contribution in [0.4, 0.5) is 5.82 Å². The van der Waals surface area contributed by atoms with Crippen molar-refractivity contribution in [2.24, 2.45) is 7.05 Å². The molecule has 0 aliphatic carbocycles. The Morgan fingerprint density at radius 1 is 1.22 bits per heavy atom. The van der Waals surface area contributed by atoms with Crippen LogP contribution in [0.5, 0.6) is 0 Å². The average Bonchev–Trinajstić information content (AvgIpc) is 2.57. The zero-order chi connectivity index (χ0) is 13.5. The summed E-state index contributed by atoms with van der Waals surface area (Å²) in [5.41, 5.74) is 8.03. The van der Waals surface area contributed by atoms with Gasteiger partial charge in [-0.15, -0.1) is 0 Å². The van der Waals surface area contributed by atoms with E-state index in [4.69, 9.17) is 10.7 Å². The Morgan fingerprint density at radius 2 is 1.83 bits per heavy atom. The third-order valence-electron chi connectivity index (χ3n) is 2.94. The van der Waals surface area contributed by atoms with Crippen LogP contribution in [-0.2, 0) is 12.5 Å². The molecule has 3 nitrogen and oxygen atoms in total. The Hall–Kier alpha value is -1.29. The van der Waals surface area contributed by atoms with Crippen molar-refractivity contribution >= 4 is 21.7 Å². The predicted octanol–water partition coefficient (Wildman–Crippen LogP) is 3.73. The number of hydrogen-bond donors (Lipinski definition) is 1. The monoisotopic (exact) mass is 307 g/mol. The molecule has 18 heavy (non-hydrogen) atoms. The molecule has 2 aromatic rings. The van der Waals surface area contributed by atoms with Crippen molar-refractivity contribution in [1.29, 1.82) is 0 Å². The lowest BCUT2D eigenvalue weighted by Crippen LogP contribution is -2.17. The molecular weight excluding hydrogens is 290 g/mol.